The van der Waals surface area contributed by atoms with Gasteiger partial charge in [-0.1, -0.05) is 35.3 Å². The lowest BCUT2D eigenvalue weighted by Crippen LogP contribution is -2.30. The summed E-state index contributed by atoms with van der Waals surface area (Å²) in [5.41, 5.74) is 1.34. The quantitative estimate of drug-likeness (QED) is 0.700. The molecule has 1 N–H and O–H groups in total. The summed E-state index contributed by atoms with van der Waals surface area (Å²) < 4.78 is 10.3. The van der Waals surface area contributed by atoms with Crippen LogP contribution in [-0.4, -0.2) is 25.1 Å². The fourth-order valence-corrected chi connectivity index (χ4v) is 2.51. The first-order valence-electron chi connectivity index (χ1n) is 7.97. The largest absolute Gasteiger partial charge is 0.497 e. The number of carbonyl (C=O) groups is 2. The zero-order chi connectivity index (χ0) is 19.1. The second-order valence-electron chi connectivity index (χ2n) is 5.59. The highest BCUT2D eigenvalue weighted by Gasteiger charge is 2.19. The molecule has 0 saturated heterocycles. The van der Waals surface area contributed by atoms with Gasteiger partial charge in [0.1, 0.15) is 5.75 Å². The van der Waals surface area contributed by atoms with E-state index in [1.54, 1.807) is 19.2 Å². The van der Waals surface area contributed by atoms with Crippen molar-refractivity contribution in [3.8, 4) is 5.75 Å². The van der Waals surface area contributed by atoms with Crippen molar-refractivity contribution < 1.29 is 19.1 Å². The Bertz CT molecular complexity index is 778. The molecule has 2 aromatic carbocycles. The molecule has 0 saturated carbocycles. The average Bonchev–Trinajstić information content (AvgIpc) is 2.63. The van der Waals surface area contributed by atoms with Crippen molar-refractivity contribution in [2.45, 2.75) is 25.9 Å². The maximum atomic E-state index is 12.2. The zero-order valence-electron chi connectivity index (χ0n) is 14.4. The predicted molar refractivity (Wildman–Crippen MR) is 102 cm³/mol. The number of ether oxygens (including phenoxy) is 2. The molecule has 0 fully saturated rings. The lowest BCUT2D eigenvalue weighted by Gasteiger charge is -2.14. The van der Waals surface area contributed by atoms with E-state index in [0.29, 0.717) is 22.2 Å². The van der Waals surface area contributed by atoms with Gasteiger partial charge in [0.15, 0.2) is 6.10 Å². The molecular formula is C19H19Cl2NO4. The molecule has 0 bridgehead atoms. The summed E-state index contributed by atoms with van der Waals surface area (Å²) in [4.78, 5) is 24.1. The average molecular weight is 396 g/mol. The number of hydrogen-bond donors (Lipinski definition) is 1. The minimum Gasteiger partial charge on any atom is -0.497 e. The van der Waals surface area contributed by atoms with Gasteiger partial charge < -0.3 is 14.8 Å². The van der Waals surface area contributed by atoms with E-state index in [-0.39, 0.29) is 6.42 Å². The van der Waals surface area contributed by atoms with Crippen LogP contribution in [-0.2, 0) is 20.7 Å². The summed E-state index contributed by atoms with van der Waals surface area (Å²) in [6, 6.07) is 12.1. The summed E-state index contributed by atoms with van der Waals surface area (Å²) in [5, 5.41) is 3.38. The summed E-state index contributed by atoms with van der Waals surface area (Å²) in [7, 11) is 1.59. The summed E-state index contributed by atoms with van der Waals surface area (Å²) in [5.74, 6) is -0.186. The standard InChI is InChI=1S/C19H19Cl2NO4/c1-12(19(24)22-17-11-14(20)6-9-16(17)21)26-18(23)10-5-13-3-7-15(25-2)8-4-13/h3-4,6-9,11-12H,5,10H2,1-2H3,(H,22,24). The molecule has 7 heteroatoms. The van der Waals surface area contributed by atoms with E-state index in [9.17, 15) is 9.59 Å². The maximum absolute atomic E-state index is 12.2. The van der Waals surface area contributed by atoms with Gasteiger partial charge in [0, 0.05) is 11.4 Å². The van der Waals surface area contributed by atoms with E-state index in [1.807, 2.05) is 24.3 Å². The van der Waals surface area contributed by atoms with Crippen LogP contribution in [0.1, 0.15) is 18.9 Å². The third-order valence-corrected chi connectivity index (χ3v) is 4.21. The Morgan fingerprint density at radius 1 is 1.12 bits per heavy atom. The number of carbonyl (C=O) groups excluding carboxylic acids is 2. The summed E-state index contributed by atoms with van der Waals surface area (Å²) in [6.45, 7) is 1.50. The van der Waals surface area contributed by atoms with E-state index >= 15 is 0 Å². The number of benzene rings is 2. The van der Waals surface area contributed by atoms with Gasteiger partial charge in [-0.3, -0.25) is 9.59 Å². The normalized spacial score (nSPS) is 11.5. The SMILES string of the molecule is COc1ccc(CCC(=O)OC(C)C(=O)Nc2cc(Cl)ccc2Cl)cc1. The van der Waals surface area contributed by atoms with Crippen LogP contribution in [0.2, 0.25) is 10.0 Å². The number of anilines is 1. The van der Waals surface area contributed by atoms with E-state index in [2.05, 4.69) is 5.32 Å². The highest BCUT2D eigenvalue weighted by Crippen LogP contribution is 2.25. The van der Waals surface area contributed by atoms with Gasteiger partial charge in [-0.15, -0.1) is 0 Å². The fraction of sp³-hybridized carbons (Fsp3) is 0.263. The molecule has 0 heterocycles. The molecule has 1 atom stereocenters. The molecule has 1 amide bonds. The number of esters is 1. The van der Waals surface area contributed by atoms with Gasteiger partial charge in [0.25, 0.3) is 5.91 Å². The topological polar surface area (TPSA) is 64.6 Å². The Balaban J connectivity index is 1.83. The van der Waals surface area contributed by atoms with Gasteiger partial charge in [-0.25, -0.2) is 0 Å². The van der Waals surface area contributed by atoms with Gasteiger partial charge in [0.05, 0.1) is 17.8 Å². The van der Waals surface area contributed by atoms with Crippen LogP contribution in [0.25, 0.3) is 0 Å². The molecule has 1 unspecified atom stereocenters. The number of rotatable bonds is 7. The van der Waals surface area contributed by atoms with Crippen LogP contribution < -0.4 is 10.1 Å². The number of halogens is 2. The van der Waals surface area contributed by atoms with Gasteiger partial charge in [0.2, 0.25) is 0 Å². The monoisotopic (exact) mass is 395 g/mol. The fourth-order valence-electron chi connectivity index (χ4n) is 2.18. The van der Waals surface area contributed by atoms with Crippen molar-refractivity contribution in [3.05, 3.63) is 58.1 Å². The van der Waals surface area contributed by atoms with Crippen LogP contribution in [0.15, 0.2) is 42.5 Å². The third kappa shape index (κ3) is 5.93. The number of nitrogens with one attached hydrogen (secondary N) is 1. The maximum Gasteiger partial charge on any atom is 0.306 e. The Kier molecular flexibility index (Phi) is 7.30. The first kappa shape index (κ1) is 20.1. The van der Waals surface area contributed by atoms with E-state index in [1.165, 1.54) is 13.0 Å². The van der Waals surface area contributed by atoms with Crippen LogP contribution in [0, 0.1) is 0 Å². The first-order chi connectivity index (χ1) is 12.4. The Morgan fingerprint density at radius 2 is 1.81 bits per heavy atom. The minimum atomic E-state index is -0.951. The lowest BCUT2D eigenvalue weighted by atomic mass is 10.1. The Labute approximate surface area is 162 Å². The molecule has 2 aromatic rings. The molecule has 0 aromatic heterocycles. The molecular weight excluding hydrogens is 377 g/mol. The van der Waals surface area contributed by atoms with Crippen LogP contribution in [0.3, 0.4) is 0 Å². The number of amides is 1. The Morgan fingerprint density at radius 3 is 2.46 bits per heavy atom. The van der Waals surface area contributed by atoms with Crippen molar-refractivity contribution in [1.29, 1.82) is 0 Å². The summed E-state index contributed by atoms with van der Waals surface area (Å²) >= 11 is 11.9. The van der Waals surface area contributed by atoms with Gasteiger partial charge in [-0.05, 0) is 49.2 Å². The molecule has 2 rings (SSSR count). The number of hydrogen-bond acceptors (Lipinski definition) is 4. The van der Waals surface area contributed by atoms with E-state index in [4.69, 9.17) is 32.7 Å². The second kappa shape index (κ2) is 9.46. The number of aryl methyl sites for hydroxylation is 1. The van der Waals surface area contributed by atoms with Crippen molar-refractivity contribution in [2.75, 3.05) is 12.4 Å². The molecule has 0 aliphatic heterocycles. The second-order valence-corrected chi connectivity index (χ2v) is 6.44. The highest BCUT2D eigenvalue weighted by molar-refractivity contribution is 6.35. The predicted octanol–water partition coefficient (Wildman–Crippen LogP) is 4.51. The first-order valence-corrected chi connectivity index (χ1v) is 8.73. The number of methoxy groups -OCH3 is 1. The van der Waals surface area contributed by atoms with E-state index in [0.717, 1.165) is 11.3 Å². The van der Waals surface area contributed by atoms with Crippen LogP contribution in [0.4, 0.5) is 5.69 Å². The third-order valence-electron chi connectivity index (χ3n) is 3.64. The molecule has 26 heavy (non-hydrogen) atoms. The van der Waals surface area contributed by atoms with Crippen molar-refractivity contribution >= 4 is 40.8 Å². The molecule has 5 nitrogen and oxygen atoms in total. The molecule has 0 radical (unpaired) electrons. The highest BCUT2D eigenvalue weighted by atomic mass is 35.5. The van der Waals surface area contributed by atoms with Crippen molar-refractivity contribution in [2.24, 2.45) is 0 Å². The minimum absolute atomic E-state index is 0.169. The van der Waals surface area contributed by atoms with Crippen LogP contribution >= 0.6 is 23.2 Å². The molecule has 0 spiro atoms. The summed E-state index contributed by atoms with van der Waals surface area (Å²) in [6.07, 6.45) is -0.271. The van der Waals surface area contributed by atoms with Gasteiger partial charge in [-0.2, -0.15) is 0 Å². The van der Waals surface area contributed by atoms with Gasteiger partial charge >= 0.3 is 5.97 Å². The molecule has 0 aliphatic carbocycles. The van der Waals surface area contributed by atoms with E-state index < -0.39 is 18.0 Å². The molecule has 138 valence electrons. The van der Waals surface area contributed by atoms with Crippen molar-refractivity contribution in [1.82, 2.24) is 0 Å². The van der Waals surface area contributed by atoms with Crippen molar-refractivity contribution in [3.63, 3.8) is 0 Å². The smallest absolute Gasteiger partial charge is 0.306 e. The van der Waals surface area contributed by atoms with Crippen LogP contribution in [0.5, 0.6) is 5.75 Å². The molecule has 0 aliphatic rings. The lowest BCUT2D eigenvalue weighted by molar-refractivity contribution is -0.153. The Hall–Kier alpha value is -2.24. The zero-order valence-corrected chi connectivity index (χ0v) is 15.9.